The second-order valence-electron chi connectivity index (χ2n) is 9.49. The zero-order valence-electron chi connectivity index (χ0n) is 19.0. The Kier molecular flexibility index (Phi) is 6.47. The number of allylic oxidation sites excluding steroid dienone is 1. The van der Waals surface area contributed by atoms with Crippen LogP contribution in [0.3, 0.4) is 0 Å². The molecule has 1 aliphatic heterocycles. The quantitative estimate of drug-likeness (QED) is 0.466. The van der Waals surface area contributed by atoms with Crippen molar-refractivity contribution in [2.45, 2.75) is 38.2 Å². The highest BCUT2D eigenvalue weighted by Crippen LogP contribution is 2.51. The number of amides is 2. The van der Waals surface area contributed by atoms with Crippen molar-refractivity contribution in [2.24, 2.45) is 11.8 Å². The molecule has 1 heterocycles. The number of imide groups is 1. The van der Waals surface area contributed by atoms with Gasteiger partial charge >= 0.3 is 6.09 Å². The second-order valence-corrected chi connectivity index (χ2v) is 10.4. The van der Waals surface area contributed by atoms with E-state index in [4.69, 9.17) is 32.7 Å². The normalized spacial score (nSPS) is 24.5. The molecule has 1 saturated heterocycles. The average molecular weight is 488 g/mol. The number of ether oxygens (including phenoxy) is 2. The summed E-state index contributed by atoms with van der Waals surface area (Å²) in [6, 6.07) is 13.3. The number of fused-ring (bicyclic) bond motifs is 1. The largest absolute Gasteiger partial charge is 0.496 e. The fraction of sp³-hybridized carbons (Fsp3) is 0.385. The van der Waals surface area contributed by atoms with Crippen LogP contribution in [0.4, 0.5) is 4.79 Å². The number of rotatable bonds is 3. The van der Waals surface area contributed by atoms with Gasteiger partial charge in [0.1, 0.15) is 11.4 Å². The van der Waals surface area contributed by atoms with Crippen molar-refractivity contribution in [1.29, 1.82) is 0 Å². The van der Waals surface area contributed by atoms with Gasteiger partial charge in [-0.1, -0.05) is 53.6 Å². The van der Waals surface area contributed by atoms with Gasteiger partial charge in [0.15, 0.2) is 0 Å². The van der Waals surface area contributed by atoms with E-state index in [1.807, 2.05) is 48.6 Å². The number of hydrogen-bond acceptors (Lipinski definition) is 4. The summed E-state index contributed by atoms with van der Waals surface area (Å²) in [5.74, 6) is -0.238. The van der Waals surface area contributed by atoms with Gasteiger partial charge in [-0.3, -0.25) is 4.79 Å². The number of halogens is 2. The van der Waals surface area contributed by atoms with E-state index in [-0.39, 0.29) is 30.2 Å². The number of carbonyl (C=O) groups excluding carboxylic acids is 2. The monoisotopic (exact) mass is 487 g/mol. The second kappa shape index (κ2) is 9.03. The van der Waals surface area contributed by atoms with Crippen LogP contribution in [0.15, 0.2) is 54.6 Å². The SMILES string of the molecule is COc1cc(Cl)ccc1[C@@H]1C=C[C@@H]2C(=O)N(C(=O)OC(C)(C)C)C[C@H]2[C@H]1c1ccc(Cl)cc1. The molecule has 7 heteroatoms. The van der Waals surface area contributed by atoms with Gasteiger partial charge in [0.2, 0.25) is 5.91 Å². The Balaban J connectivity index is 1.76. The van der Waals surface area contributed by atoms with Crippen LogP contribution in [0, 0.1) is 11.8 Å². The minimum Gasteiger partial charge on any atom is -0.496 e. The summed E-state index contributed by atoms with van der Waals surface area (Å²) < 4.78 is 11.1. The zero-order valence-corrected chi connectivity index (χ0v) is 20.6. The molecule has 2 aromatic carbocycles. The highest BCUT2D eigenvalue weighted by molar-refractivity contribution is 6.31. The molecular weight excluding hydrogens is 461 g/mol. The summed E-state index contributed by atoms with van der Waals surface area (Å²) in [5, 5.41) is 1.23. The van der Waals surface area contributed by atoms with Crippen molar-refractivity contribution in [3.8, 4) is 5.75 Å². The maximum absolute atomic E-state index is 13.2. The molecule has 0 bridgehead atoms. The Morgan fingerprint density at radius 3 is 2.27 bits per heavy atom. The Hall–Kier alpha value is -2.50. The van der Waals surface area contributed by atoms with Gasteiger partial charge < -0.3 is 9.47 Å². The number of hydrogen-bond donors (Lipinski definition) is 0. The van der Waals surface area contributed by atoms with Gasteiger partial charge in [0.25, 0.3) is 0 Å². The van der Waals surface area contributed by atoms with Crippen LogP contribution in [0.25, 0.3) is 0 Å². The summed E-state index contributed by atoms with van der Waals surface area (Å²) >= 11 is 12.4. The van der Waals surface area contributed by atoms with Crippen LogP contribution in [0.5, 0.6) is 5.75 Å². The predicted octanol–water partition coefficient (Wildman–Crippen LogP) is 6.45. The number of benzene rings is 2. The van der Waals surface area contributed by atoms with E-state index in [1.165, 1.54) is 4.90 Å². The molecule has 0 saturated carbocycles. The first-order chi connectivity index (χ1) is 15.6. The van der Waals surface area contributed by atoms with Crippen molar-refractivity contribution in [3.05, 3.63) is 75.8 Å². The van der Waals surface area contributed by atoms with Crippen molar-refractivity contribution in [1.82, 2.24) is 4.90 Å². The lowest BCUT2D eigenvalue weighted by atomic mass is 9.66. The van der Waals surface area contributed by atoms with Crippen LogP contribution in [0.2, 0.25) is 10.0 Å². The fourth-order valence-corrected chi connectivity index (χ4v) is 5.13. The van der Waals surface area contributed by atoms with Gasteiger partial charge in [-0.15, -0.1) is 0 Å². The van der Waals surface area contributed by atoms with Crippen LogP contribution >= 0.6 is 23.2 Å². The van der Waals surface area contributed by atoms with Crippen LogP contribution < -0.4 is 4.74 Å². The van der Waals surface area contributed by atoms with E-state index in [2.05, 4.69) is 0 Å². The van der Waals surface area contributed by atoms with Gasteiger partial charge in [0, 0.05) is 28.1 Å². The van der Waals surface area contributed by atoms with Gasteiger partial charge in [-0.25, -0.2) is 9.69 Å². The third-order valence-corrected chi connectivity index (χ3v) is 6.69. The summed E-state index contributed by atoms with van der Waals surface area (Å²) in [6.07, 6.45) is 3.36. The molecule has 4 atom stereocenters. The van der Waals surface area contributed by atoms with E-state index < -0.39 is 17.6 Å². The molecule has 0 spiro atoms. The molecular formula is C26H27Cl2NO4. The van der Waals surface area contributed by atoms with E-state index >= 15 is 0 Å². The van der Waals surface area contributed by atoms with E-state index in [9.17, 15) is 9.59 Å². The maximum atomic E-state index is 13.2. The van der Waals surface area contributed by atoms with E-state index in [0.717, 1.165) is 11.1 Å². The number of nitrogens with zero attached hydrogens (tertiary/aromatic N) is 1. The summed E-state index contributed by atoms with van der Waals surface area (Å²) in [6.45, 7) is 5.65. The lowest BCUT2D eigenvalue weighted by molar-refractivity contribution is -0.129. The van der Waals surface area contributed by atoms with Crippen molar-refractivity contribution in [3.63, 3.8) is 0 Å². The van der Waals surface area contributed by atoms with Gasteiger partial charge in [0.05, 0.1) is 13.0 Å². The molecule has 0 aromatic heterocycles. The molecule has 33 heavy (non-hydrogen) atoms. The minimum atomic E-state index is -0.685. The summed E-state index contributed by atoms with van der Waals surface area (Å²) in [5.41, 5.74) is 1.33. The van der Waals surface area contributed by atoms with E-state index in [1.54, 1.807) is 33.9 Å². The third kappa shape index (κ3) is 4.75. The zero-order chi connectivity index (χ0) is 23.9. The molecule has 174 valence electrons. The minimum absolute atomic E-state index is 0.0778. The molecule has 2 aliphatic rings. The smallest absolute Gasteiger partial charge is 0.417 e. The van der Waals surface area contributed by atoms with Gasteiger partial charge in [-0.05, 0) is 62.4 Å². The van der Waals surface area contributed by atoms with E-state index in [0.29, 0.717) is 15.8 Å². The maximum Gasteiger partial charge on any atom is 0.417 e. The molecule has 1 aliphatic carbocycles. The summed E-state index contributed by atoms with van der Waals surface area (Å²) in [7, 11) is 1.62. The number of methoxy groups -OCH3 is 1. The third-order valence-electron chi connectivity index (χ3n) is 6.20. The lowest BCUT2D eigenvalue weighted by Crippen LogP contribution is -2.38. The van der Waals surface area contributed by atoms with Crippen LogP contribution in [0.1, 0.15) is 43.7 Å². The highest BCUT2D eigenvalue weighted by atomic mass is 35.5. The summed E-state index contributed by atoms with van der Waals surface area (Å²) in [4.78, 5) is 27.3. The Morgan fingerprint density at radius 2 is 1.64 bits per heavy atom. The topological polar surface area (TPSA) is 55.8 Å². The molecule has 1 fully saturated rings. The molecule has 0 N–H and O–H groups in total. The number of carbonyl (C=O) groups is 2. The molecule has 0 unspecified atom stereocenters. The van der Waals surface area contributed by atoms with Gasteiger partial charge in [-0.2, -0.15) is 0 Å². The average Bonchev–Trinajstić information content (AvgIpc) is 3.09. The first kappa shape index (κ1) is 23.7. The molecule has 2 aromatic rings. The van der Waals surface area contributed by atoms with Crippen molar-refractivity contribution < 1.29 is 19.1 Å². The first-order valence-corrected chi connectivity index (χ1v) is 11.7. The van der Waals surface area contributed by atoms with Crippen LogP contribution in [-0.4, -0.2) is 36.2 Å². The van der Waals surface area contributed by atoms with Crippen LogP contribution in [-0.2, 0) is 9.53 Å². The Bertz CT molecular complexity index is 1090. The Morgan fingerprint density at radius 1 is 1.00 bits per heavy atom. The first-order valence-electron chi connectivity index (χ1n) is 10.9. The predicted molar refractivity (Wildman–Crippen MR) is 129 cm³/mol. The standard InChI is InChI=1S/C26H27Cl2NO4/c1-26(2,3)33-25(31)29-14-21-20(24(29)30)12-11-19(18-10-9-17(28)13-22(18)32-4)23(21)15-5-7-16(27)8-6-15/h5-13,19-21,23H,14H2,1-4H3/t19-,20-,21+,23-/m0/s1. The lowest BCUT2D eigenvalue weighted by Gasteiger charge is -2.36. The number of likely N-dealkylation sites (tertiary alicyclic amines) is 1. The van der Waals surface area contributed by atoms with Crippen molar-refractivity contribution in [2.75, 3.05) is 13.7 Å². The molecule has 4 rings (SSSR count). The Labute approximate surface area is 204 Å². The fourth-order valence-electron chi connectivity index (χ4n) is 4.84. The molecule has 2 amide bonds. The highest BCUT2D eigenvalue weighted by Gasteiger charge is 2.50. The molecule has 5 nitrogen and oxygen atoms in total. The van der Waals surface area contributed by atoms with Crippen molar-refractivity contribution >= 4 is 35.2 Å². The molecule has 0 radical (unpaired) electrons.